The Morgan fingerprint density at radius 2 is 1.87 bits per heavy atom. The molecule has 0 aromatic heterocycles. The quantitative estimate of drug-likeness (QED) is 0.607. The molecular formula is C14H19N5O4. The number of anilines is 1. The highest BCUT2D eigenvalue weighted by atomic mass is 16.6. The molecule has 3 N–H and O–H groups in total. The molecule has 1 saturated heterocycles. The van der Waals surface area contributed by atoms with Crippen LogP contribution in [-0.2, 0) is 4.79 Å². The van der Waals surface area contributed by atoms with Crippen LogP contribution in [0.1, 0.15) is 6.92 Å². The highest BCUT2D eigenvalue weighted by molar-refractivity contribution is 5.96. The van der Waals surface area contributed by atoms with Crippen molar-refractivity contribution < 1.29 is 14.5 Å². The molecule has 23 heavy (non-hydrogen) atoms. The second-order valence-electron chi connectivity index (χ2n) is 5.30. The normalized spacial score (nSPS) is 16.7. The molecule has 1 aliphatic rings. The average Bonchev–Trinajstić information content (AvgIpc) is 2.53. The largest absolute Gasteiger partial charge is 0.363 e. The maximum absolute atomic E-state index is 11.8. The number of rotatable bonds is 4. The first-order valence-electron chi connectivity index (χ1n) is 7.23. The topological polar surface area (TPSA) is 122 Å². The first-order valence-corrected chi connectivity index (χ1v) is 7.23. The maximum Gasteiger partial charge on any atom is 0.318 e. The van der Waals surface area contributed by atoms with Crippen LogP contribution in [-0.4, -0.2) is 54.0 Å². The molecule has 0 spiro atoms. The Morgan fingerprint density at radius 1 is 1.26 bits per heavy atom. The van der Waals surface area contributed by atoms with Gasteiger partial charge in [0, 0.05) is 32.2 Å². The monoisotopic (exact) mass is 321 g/mol. The van der Waals surface area contributed by atoms with Gasteiger partial charge in [-0.3, -0.25) is 25.1 Å². The van der Waals surface area contributed by atoms with Crippen LogP contribution in [0.5, 0.6) is 0 Å². The maximum atomic E-state index is 11.8. The zero-order valence-corrected chi connectivity index (χ0v) is 12.8. The van der Waals surface area contributed by atoms with Gasteiger partial charge in [0.1, 0.15) is 5.69 Å². The number of carbonyl (C=O) groups excluding carboxylic acids is 2. The number of nitrogens with two attached hydrogens (primary N) is 1. The van der Waals surface area contributed by atoms with Gasteiger partial charge in [-0.1, -0.05) is 12.1 Å². The van der Waals surface area contributed by atoms with Crippen LogP contribution in [0.15, 0.2) is 24.3 Å². The summed E-state index contributed by atoms with van der Waals surface area (Å²) in [6, 6.07) is 5.23. The number of para-hydroxylation sites is 2. The van der Waals surface area contributed by atoms with Crippen molar-refractivity contribution in [2.75, 3.05) is 31.1 Å². The molecule has 1 unspecified atom stereocenters. The SMILES string of the molecule is CC(C(=O)NC(N)=O)N1CCN(c2ccccc2[N+](=O)[O-])CC1. The van der Waals surface area contributed by atoms with Gasteiger partial charge in [-0.05, 0) is 13.0 Å². The fourth-order valence-corrected chi connectivity index (χ4v) is 2.63. The number of nitrogens with one attached hydrogen (secondary N) is 1. The molecule has 3 amide bonds. The molecule has 1 aromatic carbocycles. The first kappa shape index (κ1) is 16.7. The zero-order chi connectivity index (χ0) is 17.0. The second-order valence-corrected chi connectivity index (χ2v) is 5.30. The predicted octanol–water partition coefficient (Wildman–Crippen LogP) is 0.300. The van der Waals surface area contributed by atoms with E-state index in [1.54, 1.807) is 25.1 Å². The van der Waals surface area contributed by atoms with E-state index in [1.807, 2.05) is 9.80 Å². The summed E-state index contributed by atoms with van der Waals surface area (Å²) in [5.41, 5.74) is 5.59. The van der Waals surface area contributed by atoms with Crippen molar-refractivity contribution in [1.29, 1.82) is 0 Å². The Labute approximate surface area is 133 Å². The molecule has 1 heterocycles. The van der Waals surface area contributed by atoms with Gasteiger partial charge in [-0.2, -0.15) is 0 Å². The third kappa shape index (κ3) is 3.95. The summed E-state index contributed by atoms with van der Waals surface area (Å²) in [5.74, 6) is -0.448. The molecule has 0 saturated carbocycles. The highest BCUT2D eigenvalue weighted by Crippen LogP contribution is 2.28. The number of benzene rings is 1. The summed E-state index contributed by atoms with van der Waals surface area (Å²) in [6.45, 7) is 3.91. The lowest BCUT2D eigenvalue weighted by Gasteiger charge is -2.38. The third-order valence-corrected chi connectivity index (χ3v) is 3.91. The molecule has 2 rings (SSSR count). The minimum Gasteiger partial charge on any atom is -0.363 e. The molecule has 9 nitrogen and oxygen atoms in total. The number of carbonyl (C=O) groups is 2. The first-order chi connectivity index (χ1) is 10.9. The van der Waals surface area contributed by atoms with Gasteiger partial charge in [0.25, 0.3) is 5.69 Å². The summed E-state index contributed by atoms with van der Waals surface area (Å²) in [4.78, 5) is 37.1. The lowest BCUT2D eigenvalue weighted by atomic mass is 10.2. The van der Waals surface area contributed by atoms with E-state index in [-0.39, 0.29) is 5.69 Å². The van der Waals surface area contributed by atoms with E-state index in [0.29, 0.717) is 31.9 Å². The number of hydrogen-bond donors (Lipinski definition) is 2. The lowest BCUT2D eigenvalue weighted by Crippen LogP contribution is -2.55. The van der Waals surface area contributed by atoms with Crippen LogP contribution in [0.25, 0.3) is 0 Å². The molecule has 1 aliphatic heterocycles. The summed E-state index contributed by atoms with van der Waals surface area (Å²) in [6.07, 6.45) is 0. The minimum atomic E-state index is -0.875. The molecule has 1 aromatic rings. The molecule has 0 aliphatic carbocycles. The van der Waals surface area contributed by atoms with E-state index in [2.05, 4.69) is 5.32 Å². The van der Waals surface area contributed by atoms with Crippen LogP contribution in [0.3, 0.4) is 0 Å². The van der Waals surface area contributed by atoms with Crippen molar-refractivity contribution in [2.45, 2.75) is 13.0 Å². The van der Waals surface area contributed by atoms with Gasteiger partial charge >= 0.3 is 6.03 Å². The number of nitro benzene ring substituents is 1. The average molecular weight is 321 g/mol. The minimum absolute atomic E-state index is 0.0699. The summed E-state index contributed by atoms with van der Waals surface area (Å²) in [5, 5.41) is 13.2. The highest BCUT2D eigenvalue weighted by Gasteiger charge is 2.28. The van der Waals surface area contributed by atoms with Gasteiger partial charge in [0.2, 0.25) is 5.91 Å². The summed E-state index contributed by atoms with van der Waals surface area (Å²) < 4.78 is 0. The van der Waals surface area contributed by atoms with E-state index >= 15 is 0 Å². The standard InChI is InChI=1S/C14H19N5O4/c1-10(13(20)16-14(15)21)17-6-8-18(9-7-17)11-4-2-3-5-12(11)19(22)23/h2-5,10H,6-9H2,1H3,(H3,15,16,20,21). The van der Waals surface area contributed by atoms with Crippen molar-refractivity contribution >= 4 is 23.3 Å². The van der Waals surface area contributed by atoms with Crippen LogP contribution >= 0.6 is 0 Å². The molecule has 0 bridgehead atoms. The molecule has 1 atom stereocenters. The van der Waals surface area contributed by atoms with Crippen LogP contribution in [0.4, 0.5) is 16.2 Å². The molecule has 0 radical (unpaired) electrons. The van der Waals surface area contributed by atoms with E-state index in [9.17, 15) is 19.7 Å². The molecule has 124 valence electrons. The Kier molecular flexibility index (Phi) is 5.12. The number of hydrogen-bond acceptors (Lipinski definition) is 6. The van der Waals surface area contributed by atoms with Gasteiger partial charge in [-0.15, -0.1) is 0 Å². The Bertz CT molecular complexity index is 613. The van der Waals surface area contributed by atoms with Crippen molar-refractivity contribution in [2.24, 2.45) is 5.73 Å². The second kappa shape index (κ2) is 7.05. The number of imide groups is 1. The van der Waals surface area contributed by atoms with Gasteiger partial charge in [0.05, 0.1) is 11.0 Å². The summed E-state index contributed by atoms with van der Waals surface area (Å²) >= 11 is 0. The van der Waals surface area contributed by atoms with Crippen molar-refractivity contribution in [1.82, 2.24) is 10.2 Å². The Balaban J connectivity index is 2.00. The number of nitrogens with zero attached hydrogens (tertiary/aromatic N) is 3. The van der Waals surface area contributed by atoms with Crippen molar-refractivity contribution in [3.63, 3.8) is 0 Å². The fraction of sp³-hybridized carbons (Fsp3) is 0.429. The fourth-order valence-electron chi connectivity index (χ4n) is 2.63. The zero-order valence-electron chi connectivity index (χ0n) is 12.8. The van der Waals surface area contributed by atoms with Crippen LogP contribution < -0.4 is 16.0 Å². The van der Waals surface area contributed by atoms with E-state index < -0.39 is 22.9 Å². The van der Waals surface area contributed by atoms with Crippen LogP contribution in [0.2, 0.25) is 0 Å². The van der Waals surface area contributed by atoms with E-state index in [0.717, 1.165) is 0 Å². The number of piperazine rings is 1. The number of nitro groups is 1. The van der Waals surface area contributed by atoms with Crippen LogP contribution in [0, 0.1) is 10.1 Å². The molecule has 9 heteroatoms. The molecule has 1 fully saturated rings. The lowest BCUT2D eigenvalue weighted by molar-refractivity contribution is -0.384. The third-order valence-electron chi connectivity index (χ3n) is 3.91. The molecular weight excluding hydrogens is 302 g/mol. The van der Waals surface area contributed by atoms with Crippen molar-refractivity contribution in [3.8, 4) is 0 Å². The Morgan fingerprint density at radius 3 is 2.43 bits per heavy atom. The Hall–Kier alpha value is -2.68. The van der Waals surface area contributed by atoms with E-state index in [4.69, 9.17) is 5.73 Å². The number of primary amides is 1. The number of urea groups is 1. The van der Waals surface area contributed by atoms with Crippen molar-refractivity contribution in [3.05, 3.63) is 34.4 Å². The van der Waals surface area contributed by atoms with E-state index in [1.165, 1.54) is 6.07 Å². The predicted molar refractivity (Wildman–Crippen MR) is 84.1 cm³/mol. The smallest absolute Gasteiger partial charge is 0.318 e. The van der Waals surface area contributed by atoms with Gasteiger partial charge in [0.15, 0.2) is 0 Å². The number of amides is 3. The van der Waals surface area contributed by atoms with Gasteiger partial charge in [-0.25, -0.2) is 4.79 Å². The summed E-state index contributed by atoms with van der Waals surface area (Å²) in [7, 11) is 0. The van der Waals surface area contributed by atoms with Gasteiger partial charge < -0.3 is 10.6 Å².